The highest BCUT2D eigenvalue weighted by atomic mass is 35.5. The zero-order valence-electron chi connectivity index (χ0n) is 12.0. The van der Waals surface area contributed by atoms with Crippen LogP contribution in [0, 0.1) is 6.92 Å². The van der Waals surface area contributed by atoms with E-state index in [-0.39, 0.29) is 5.97 Å². The number of carbonyl (C=O) groups is 1. The third-order valence-corrected chi connectivity index (χ3v) is 3.20. The van der Waals surface area contributed by atoms with Gasteiger partial charge in [0.1, 0.15) is 5.69 Å². The Hall–Kier alpha value is -2.14. The standard InChI is InChI=1S/C15H15ClN2O3/c1-4-21-15(19)11-7-5-10(6-8-11)12-14(20-3)18-13(16)9(2)17-12/h5-8H,4H2,1-3H3. The quantitative estimate of drug-likeness (QED) is 0.811. The number of aromatic nitrogens is 2. The fourth-order valence-electron chi connectivity index (χ4n) is 1.79. The summed E-state index contributed by atoms with van der Waals surface area (Å²) in [5, 5.41) is 0.304. The predicted octanol–water partition coefficient (Wildman–Crippen LogP) is 3.29. The molecule has 0 N–H and O–H groups in total. The van der Waals surface area contributed by atoms with E-state index < -0.39 is 0 Å². The second-order valence-electron chi connectivity index (χ2n) is 4.26. The van der Waals surface area contributed by atoms with Gasteiger partial charge in [0.05, 0.1) is 25.0 Å². The van der Waals surface area contributed by atoms with Crippen LogP contribution in [-0.4, -0.2) is 29.7 Å². The average Bonchev–Trinajstić information content (AvgIpc) is 2.50. The third-order valence-electron chi connectivity index (χ3n) is 2.84. The SMILES string of the molecule is CCOC(=O)c1ccc(-c2nc(C)c(Cl)nc2OC)cc1. The molecule has 0 bridgehead atoms. The molecule has 0 aliphatic heterocycles. The number of aryl methyl sites for hydroxylation is 1. The Morgan fingerprint density at radius 2 is 1.90 bits per heavy atom. The first-order valence-corrected chi connectivity index (χ1v) is 6.80. The highest BCUT2D eigenvalue weighted by molar-refractivity contribution is 6.30. The van der Waals surface area contributed by atoms with Gasteiger partial charge >= 0.3 is 5.97 Å². The number of hydrogen-bond donors (Lipinski definition) is 0. The van der Waals surface area contributed by atoms with Gasteiger partial charge in [-0.1, -0.05) is 23.7 Å². The van der Waals surface area contributed by atoms with Crippen molar-refractivity contribution < 1.29 is 14.3 Å². The maximum absolute atomic E-state index is 11.6. The minimum Gasteiger partial charge on any atom is -0.479 e. The molecule has 1 heterocycles. The van der Waals surface area contributed by atoms with Gasteiger partial charge in [-0.15, -0.1) is 0 Å². The second kappa shape index (κ2) is 6.54. The van der Waals surface area contributed by atoms with Gasteiger partial charge in [0, 0.05) is 5.56 Å². The molecule has 0 fully saturated rings. The summed E-state index contributed by atoms with van der Waals surface area (Å²) in [6.07, 6.45) is 0. The molecule has 0 spiro atoms. The Morgan fingerprint density at radius 1 is 1.24 bits per heavy atom. The molecule has 2 aromatic rings. The number of esters is 1. The molecule has 2 rings (SSSR count). The number of ether oxygens (including phenoxy) is 2. The van der Waals surface area contributed by atoms with Gasteiger partial charge in [0.15, 0.2) is 5.15 Å². The molecule has 1 aromatic heterocycles. The van der Waals surface area contributed by atoms with Crippen LogP contribution in [0.25, 0.3) is 11.3 Å². The van der Waals surface area contributed by atoms with Crippen LogP contribution in [0.3, 0.4) is 0 Å². The van der Waals surface area contributed by atoms with Crippen LogP contribution in [0.15, 0.2) is 24.3 Å². The number of rotatable bonds is 4. The zero-order chi connectivity index (χ0) is 15.4. The molecule has 21 heavy (non-hydrogen) atoms. The maximum Gasteiger partial charge on any atom is 0.338 e. The van der Waals surface area contributed by atoms with Crippen molar-refractivity contribution in [3.63, 3.8) is 0 Å². The van der Waals surface area contributed by atoms with Crippen LogP contribution in [0.5, 0.6) is 5.88 Å². The molecule has 110 valence electrons. The predicted molar refractivity (Wildman–Crippen MR) is 79.7 cm³/mol. The fourth-order valence-corrected chi connectivity index (χ4v) is 1.91. The van der Waals surface area contributed by atoms with Crippen LogP contribution in [0.2, 0.25) is 5.15 Å². The summed E-state index contributed by atoms with van der Waals surface area (Å²) in [5.74, 6) is -0.0103. The summed E-state index contributed by atoms with van der Waals surface area (Å²) in [7, 11) is 1.51. The van der Waals surface area contributed by atoms with Gasteiger partial charge in [0.25, 0.3) is 0 Å². The van der Waals surface area contributed by atoms with Crippen molar-refractivity contribution in [2.45, 2.75) is 13.8 Å². The molecule has 0 radical (unpaired) electrons. The lowest BCUT2D eigenvalue weighted by Crippen LogP contribution is -2.04. The Morgan fingerprint density at radius 3 is 2.48 bits per heavy atom. The van der Waals surface area contributed by atoms with E-state index in [1.807, 2.05) is 0 Å². The van der Waals surface area contributed by atoms with Crippen molar-refractivity contribution in [3.05, 3.63) is 40.7 Å². The molecule has 0 aliphatic rings. The lowest BCUT2D eigenvalue weighted by atomic mass is 10.1. The van der Waals surface area contributed by atoms with Crippen molar-refractivity contribution in [1.29, 1.82) is 0 Å². The van der Waals surface area contributed by atoms with Gasteiger partial charge in [-0.3, -0.25) is 0 Å². The molecule has 0 unspecified atom stereocenters. The van der Waals surface area contributed by atoms with E-state index >= 15 is 0 Å². The van der Waals surface area contributed by atoms with Crippen molar-refractivity contribution in [2.24, 2.45) is 0 Å². The molecule has 5 nitrogen and oxygen atoms in total. The highest BCUT2D eigenvalue weighted by Crippen LogP contribution is 2.29. The first kappa shape index (κ1) is 15.3. The number of hydrogen-bond acceptors (Lipinski definition) is 5. The summed E-state index contributed by atoms with van der Waals surface area (Å²) < 4.78 is 10.1. The number of benzene rings is 1. The first-order chi connectivity index (χ1) is 10.1. The van der Waals surface area contributed by atoms with Crippen LogP contribution < -0.4 is 4.74 Å². The molecule has 0 aliphatic carbocycles. The Labute approximate surface area is 127 Å². The smallest absolute Gasteiger partial charge is 0.338 e. The zero-order valence-corrected chi connectivity index (χ0v) is 12.8. The topological polar surface area (TPSA) is 61.3 Å². The molecule has 0 amide bonds. The molecule has 0 saturated carbocycles. The second-order valence-corrected chi connectivity index (χ2v) is 4.61. The van der Waals surface area contributed by atoms with E-state index in [0.29, 0.717) is 34.6 Å². The van der Waals surface area contributed by atoms with E-state index in [9.17, 15) is 4.79 Å². The van der Waals surface area contributed by atoms with Gasteiger partial charge in [-0.2, -0.15) is 4.98 Å². The summed E-state index contributed by atoms with van der Waals surface area (Å²) >= 11 is 5.94. The summed E-state index contributed by atoms with van der Waals surface area (Å²) in [4.78, 5) is 20.2. The van der Waals surface area contributed by atoms with E-state index in [4.69, 9.17) is 21.1 Å². The largest absolute Gasteiger partial charge is 0.479 e. The molecule has 1 aromatic carbocycles. The third kappa shape index (κ3) is 3.31. The monoisotopic (exact) mass is 306 g/mol. The molecule has 0 atom stereocenters. The fraction of sp³-hybridized carbons (Fsp3) is 0.267. The van der Waals surface area contributed by atoms with Gasteiger partial charge in [0.2, 0.25) is 5.88 Å². The minimum atomic E-state index is -0.352. The highest BCUT2D eigenvalue weighted by Gasteiger charge is 2.14. The van der Waals surface area contributed by atoms with E-state index in [0.717, 1.165) is 5.56 Å². The Bertz CT molecular complexity index is 657. The van der Waals surface area contributed by atoms with Gasteiger partial charge < -0.3 is 9.47 Å². The van der Waals surface area contributed by atoms with Crippen molar-refractivity contribution in [1.82, 2.24) is 9.97 Å². The van der Waals surface area contributed by atoms with Crippen LogP contribution in [0.4, 0.5) is 0 Å². The molecular formula is C15H15ClN2O3. The summed E-state index contributed by atoms with van der Waals surface area (Å²) in [6.45, 7) is 3.88. The Balaban J connectivity index is 2.39. The van der Waals surface area contributed by atoms with Crippen LogP contribution in [0.1, 0.15) is 23.0 Å². The van der Waals surface area contributed by atoms with Crippen molar-refractivity contribution in [3.8, 4) is 17.1 Å². The van der Waals surface area contributed by atoms with Gasteiger partial charge in [-0.25, -0.2) is 9.78 Å². The lowest BCUT2D eigenvalue weighted by Gasteiger charge is -2.09. The Kier molecular flexibility index (Phi) is 4.75. The lowest BCUT2D eigenvalue weighted by molar-refractivity contribution is 0.0526. The number of nitrogens with zero attached hydrogens (tertiary/aromatic N) is 2. The van der Waals surface area contributed by atoms with Crippen molar-refractivity contribution >= 4 is 17.6 Å². The maximum atomic E-state index is 11.6. The van der Waals surface area contributed by atoms with Crippen LogP contribution >= 0.6 is 11.6 Å². The number of carbonyl (C=O) groups excluding carboxylic acids is 1. The number of halogens is 1. The van der Waals surface area contributed by atoms with Crippen molar-refractivity contribution in [2.75, 3.05) is 13.7 Å². The first-order valence-electron chi connectivity index (χ1n) is 6.42. The van der Waals surface area contributed by atoms with E-state index in [1.54, 1.807) is 38.1 Å². The number of methoxy groups -OCH3 is 1. The molecule has 0 saturated heterocycles. The average molecular weight is 307 g/mol. The van der Waals surface area contributed by atoms with E-state index in [2.05, 4.69) is 9.97 Å². The van der Waals surface area contributed by atoms with E-state index in [1.165, 1.54) is 7.11 Å². The van der Waals surface area contributed by atoms with Crippen LogP contribution in [-0.2, 0) is 4.74 Å². The molecule has 6 heteroatoms. The molecular weight excluding hydrogens is 292 g/mol. The van der Waals surface area contributed by atoms with Gasteiger partial charge in [-0.05, 0) is 26.0 Å². The summed E-state index contributed by atoms with van der Waals surface area (Å²) in [5.41, 5.74) is 2.46. The minimum absolute atomic E-state index is 0.304. The summed E-state index contributed by atoms with van der Waals surface area (Å²) in [6, 6.07) is 6.90. The normalized spacial score (nSPS) is 10.3.